The van der Waals surface area contributed by atoms with Gasteiger partial charge in [-0.2, -0.15) is 8.78 Å². The molecule has 1 N–H and O–H groups in total. The number of ether oxygens (including phenoxy) is 1. The average Bonchev–Trinajstić information content (AvgIpc) is 2.84. The zero-order chi connectivity index (χ0) is 12.8. The summed E-state index contributed by atoms with van der Waals surface area (Å²) in [6, 6.07) is 8.39. The van der Waals surface area contributed by atoms with E-state index in [0.717, 1.165) is 5.69 Å². The third kappa shape index (κ3) is 3.53. The number of nitrogens with zero attached hydrogens (tertiary/aromatic N) is 1. The van der Waals surface area contributed by atoms with E-state index in [1.807, 2.05) is 0 Å². The molecule has 1 heterocycles. The van der Waals surface area contributed by atoms with Crippen molar-refractivity contribution in [1.29, 1.82) is 0 Å². The van der Waals surface area contributed by atoms with Crippen molar-refractivity contribution < 1.29 is 18.0 Å². The summed E-state index contributed by atoms with van der Waals surface area (Å²) >= 11 is 0. The fraction of sp³-hybridized carbons (Fsp3) is 0.250. The third-order valence-corrected chi connectivity index (χ3v) is 2.30. The van der Waals surface area contributed by atoms with E-state index in [1.165, 1.54) is 12.3 Å². The Morgan fingerprint density at radius 2 is 2.06 bits per heavy atom. The molecule has 1 aromatic heterocycles. The molecule has 0 bridgehead atoms. The summed E-state index contributed by atoms with van der Waals surface area (Å²) in [5, 5.41) is 6.80. The average molecular weight is 254 g/mol. The summed E-state index contributed by atoms with van der Waals surface area (Å²) in [7, 11) is 0. The summed E-state index contributed by atoms with van der Waals surface area (Å²) < 4.78 is 33.5. The first kappa shape index (κ1) is 12.5. The van der Waals surface area contributed by atoms with Crippen LogP contribution in [0.25, 0.3) is 0 Å². The molecular weight excluding hydrogens is 242 g/mol. The molecule has 2 aromatic rings. The number of nitrogens with one attached hydrogen (secondary N) is 1. The van der Waals surface area contributed by atoms with E-state index < -0.39 is 6.61 Å². The summed E-state index contributed by atoms with van der Waals surface area (Å²) in [4.78, 5) is 0. The first-order valence-electron chi connectivity index (χ1n) is 5.38. The number of benzene rings is 1. The van der Waals surface area contributed by atoms with E-state index >= 15 is 0 Å². The van der Waals surface area contributed by atoms with Crippen molar-refractivity contribution in [2.75, 3.05) is 0 Å². The highest BCUT2D eigenvalue weighted by Crippen LogP contribution is 2.19. The molecule has 6 heteroatoms. The van der Waals surface area contributed by atoms with Crippen LogP contribution < -0.4 is 10.1 Å². The van der Waals surface area contributed by atoms with Crippen molar-refractivity contribution in [3.63, 3.8) is 0 Å². The molecule has 0 unspecified atom stereocenters. The highest BCUT2D eigenvalue weighted by Gasteiger charge is 2.08. The number of rotatable bonds is 6. The molecule has 0 radical (unpaired) electrons. The molecule has 0 aliphatic heterocycles. The Labute approximate surface area is 103 Å². The van der Waals surface area contributed by atoms with Crippen molar-refractivity contribution in [2.24, 2.45) is 0 Å². The van der Waals surface area contributed by atoms with Crippen LogP contribution in [0.15, 0.2) is 41.1 Å². The SMILES string of the molecule is FC(F)Oc1ccccc1CNCc1ccon1. The number of halogens is 2. The molecule has 18 heavy (non-hydrogen) atoms. The fourth-order valence-corrected chi connectivity index (χ4v) is 1.51. The maximum Gasteiger partial charge on any atom is 0.387 e. The van der Waals surface area contributed by atoms with Gasteiger partial charge < -0.3 is 14.6 Å². The topological polar surface area (TPSA) is 47.3 Å². The van der Waals surface area contributed by atoms with Crippen LogP contribution in [0.4, 0.5) is 8.78 Å². The normalized spacial score (nSPS) is 10.8. The van der Waals surface area contributed by atoms with Crippen LogP contribution in [0.1, 0.15) is 11.3 Å². The second-order valence-corrected chi connectivity index (χ2v) is 3.58. The van der Waals surface area contributed by atoms with E-state index in [9.17, 15) is 8.78 Å². The van der Waals surface area contributed by atoms with Gasteiger partial charge in [-0.3, -0.25) is 0 Å². The lowest BCUT2D eigenvalue weighted by Gasteiger charge is -2.10. The van der Waals surface area contributed by atoms with Crippen molar-refractivity contribution in [3.05, 3.63) is 47.9 Å². The third-order valence-electron chi connectivity index (χ3n) is 2.30. The predicted octanol–water partition coefficient (Wildman–Crippen LogP) is 2.57. The van der Waals surface area contributed by atoms with Gasteiger partial charge in [0.2, 0.25) is 0 Å². The zero-order valence-corrected chi connectivity index (χ0v) is 9.48. The molecular formula is C12H12F2N2O2. The Kier molecular flexibility index (Phi) is 4.25. The van der Waals surface area contributed by atoms with Gasteiger partial charge in [0.1, 0.15) is 12.0 Å². The largest absolute Gasteiger partial charge is 0.434 e. The van der Waals surface area contributed by atoms with Crippen molar-refractivity contribution in [2.45, 2.75) is 19.7 Å². The lowest BCUT2D eigenvalue weighted by atomic mass is 10.2. The fourth-order valence-electron chi connectivity index (χ4n) is 1.51. The number of hydrogen-bond donors (Lipinski definition) is 1. The van der Waals surface area contributed by atoms with E-state index in [1.54, 1.807) is 24.3 Å². The van der Waals surface area contributed by atoms with Gasteiger partial charge in [0.15, 0.2) is 0 Å². The van der Waals surface area contributed by atoms with Crippen LogP contribution in [0.3, 0.4) is 0 Å². The maximum absolute atomic E-state index is 12.2. The van der Waals surface area contributed by atoms with Crippen LogP contribution in [-0.2, 0) is 13.1 Å². The molecule has 1 aromatic carbocycles. The smallest absolute Gasteiger partial charge is 0.387 e. The van der Waals surface area contributed by atoms with E-state index in [0.29, 0.717) is 18.7 Å². The first-order valence-corrected chi connectivity index (χ1v) is 5.38. The predicted molar refractivity (Wildman–Crippen MR) is 60.1 cm³/mol. The second-order valence-electron chi connectivity index (χ2n) is 3.58. The number of hydrogen-bond acceptors (Lipinski definition) is 4. The van der Waals surface area contributed by atoms with Gasteiger partial charge in [0.05, 0.1) is 5.69 Å². The quantitative estimate of drug-likeness (QED) is 0.860. The van der Waals surface area contributed by atoms with Gasteiger partial charge in [0.25, 0.3) is 0 Å². The van der Waals surface area contributed by atoms with Crippen LogP contribution in [-0.4, -0.2) is 11.8 Å². The van der Waals surface area contributed by atoms with Crippen LogP contribution in [0, 0.1) is 0 Å². The summed E-state index contributed by atoms with van der Waals surface area (Å²) in [5.74, 6) is 0.181. The Morgan fingerprint density at radius 3 is 2.78 bits per heavy atom. The minimum Gasteiger partial charge on any atom is -0.434 e. The number of para-hydroxylation sites is 1. The lowest BCUT2D eigenvalue weighted by molar-refractivity contribution is -0.0505. The Balaban J connectivity index is 1.92. The molecule has 0 amide bonds. The van der Waals surface area contributed by atoms with Crippen LogP contribution in [0.5, 0.6) is 5.75 Å². The van der Waals surface area contributed by atoms with E-state index in [4.69, 9.17) is 0 Å². The molecule has 0 fully saturated rings. The Bertz CT molecular complexity index is 475. The van der Waals surface area contributed by atoms with Gasteiger partial charge in [-0.1, -0.05) is 23.4 Å². The monoisotopic (exact) mass is 254 g/mol. The minimum atomic E-state index is -2.82. The number of alkyl halides is 2. The van der Waals surface area contributed by atoms with Crippen molar-refractivity contribution >= 4 is 0 Å². The summed E-state index contributed by atoms with van der Waals surface area (Å²) in [6.45, 7) is -1.91. The molecule has 0 aliphatic carbocycles. The first-order chi connectivity index (χ1) is 8.75. The molecule has 0 aliphatic rings. The molecule has 0 atom stereocenters. The van der Waals surface area contributed by atoms with E-state index in [-0.39, 0.29) is 5.75 Å². The zero-order valence-electron chi connectivity index (χ0n) is 9.48. The van der Waals surface area contributed by atoms with Gasteiger partial charge in [-0.15, -0.1) is 0 Å². The lowest BCUT2D eigenvalue weighted by Crippen LogP contribution is -2.14. The Hall–Kier alpha value is -1.95. The van der Waals surface area contributed by atoms with E-state index in [2.05, 4.69) is 19.7 Å². The van der Waals surface area contributed by atoms with Gasteiger partial charge in [-0.25, -0.2) is 0 Å². The van der Waals surface area contributed by atoms with Gasteiger partial charge >= 0.3 is 6.61 Å². The highest BCUT2D eigenvalue weighted by molar-refractivity contribution is 5.33. The molecule has 0 saturated carbocycles. The van der Waals surface area contributed by atoms with Crippen molar-refractivity contribution in [1.82, 2.24) is 10.5 Å². The summed E-state index contributed by atoms with van der Waals surface area (Å²) in [6.07, 6.45) is 1.48. The standard InChI is InChI=1S/C12H12F2N2O2/c13-12(14)18-11-4-2-1-3-9(11)7-15-8-10-5-6-17-16-10/h1-6,12,15H,7-8H2. The summed E-state index contributed by atoms with van der Waals surface area (Å²) in [5.41, 5.74) is 1.42. The molecule has 0 saturated heterocycles. The molecule has 0 spiro atoms. The Morgan fingerprint density at radius 1 is 1.22 bits per heavy atom. The van der Waals surface area contributed by atoms with Crippen LogP contribution >= 0.6 is 0 Å². The maximum atomic E-state index is 12.2. The minimum absolute atomic E-state index is 0.181. The number of aromatic nitrogens is 1. The molecule has 2 rings (SSSR count). The van der Waals surface area contributed by atoms with Gasteiger partial charge in [0, 0.05) is 24.7 Å². The highest BCUT2D eigenvalue weighted by atomic mass is 19.3. The van der Waals surface area contributed by atoms with Crippen LogP contribution in [0.2, 0.25) is 0 Å². The van der Waals surface area contributed by atoms with Gasteiger partial charge in [-0.05, 0) is 6.07 Å². The van der Waals surface area contributed by atoms with Crippen molar-refractivity contribution in [3.8, 4) is 5.75 Å². The molecule has 96 valence electrons. The molecule has 4 nitrogen and oxygen atoms in total. The second kappa shape index (κ2) is 6.11.